The van der Waals surface area contributed by atoms with E-state index in [2.05, 4.69) is 37.8 Å². The molecule has 1 heterocycles. The highest BCUT2D eigenvalue weighted by molar-refractivity contribution is 8.18. The minimum absolute atomic E-state index is 0.642. The summed E-state index contributed by atoms with van der Waals surface area (Å²) in [5.74, 6) is 0. The molecule has 1 N–H and O–H groups in total. The van der Waals surface area contributed by atoms with E-state index in [0.29, 0.717) is 10.7 Å². The average molecular weight is 205 g/mol. The van der Waals surface area contributed by atoms with Gasteiger partial charge in [0.25, 0.3) is 0 Å². The van der Waals surface area contributed by atoms with Crippen molar-refractivity contribution in [3.63, 3.8) is 0 Å². The molecule has 0 amide bonds. The molecule has 0 aromatic carbocycles. The highest BCUT2D eigenvalue weighted by Gasteiger charge is 2.22. The van der Waals surface area contributed by atoms with E-state index in [4.69, 9.17) is 0 Å². The summed E-state index contributed by atoms with van der Waals surface area (Å²) in [5, 5.41) is 4.95. The molecule has 1 nitrogen and oxygen atoms in total. The molecule has 0 radical (unpaired) electrons. The second-order valence-electron chi connectivity index (χ2n) is 3.28. The summed E-state index contributed by atoms with van der Waals surface area (Å²) >= 11 is 4.11. The van der Waals surface area contributed by atoms with Gasteiger partial charge in [0.2, 0.25) is 0 Å². The Hall–Kier alpha value is 0.660. The Kier molecular flexibility index (Phi) is 4.84. The van der Waals surface area contributed by atoms with Crippen molar-refractivity contribution < 1.29 is 0 Å². The second-order valence-corrected chi connectivity index (χ2v) is 6.81. The minimum atomic E-state index is 0.642. The topological polar surface area (TPSA) is 12.0 Å². The highest BCUT2D eigenvalue weighted by Crippen LogP contribution is 2.35. The van der Waals surface area contributed by atoms with Crippen LogP contribution in [0.2, 0.25) is 0 Å². The van der Waals surface area contributed by atoms with E-state index >= 15 is 0 Å². The van der Waals surface area contributed by atoms with Gasteiger partial charge in [-0.2, -0.15) is 0 Å². The van der Waals surface area contributed by atoms with Crippen molar-refractivity contribution in [1.82, 2.24) is 5.32 Å². The van der Waals surface area contributed by atoms with Crippen molar-refractivity contribution in [3.05, 3.63) is 0 Å². The Bertz CT molecular complexity index is 120. The van der Waals surface area contributed by atoms with Gasteiger partial charge < -0.3 is 0 Å². The predicted molar refractivity (Wildman–Crippen MR) is 60.6 cm³/mol. The van der Waals surface area contributed by atoms with Crippen LogP contribution in [-0.2, 0) is 0 Å². The van der Waals surface area contributed by atoms with Gasteiger partial charge >= 0.3 is 0 Å². The van der Waals surface area contributed by atoms with E-state index in [1.807, 2.05) is 11.8 Å². The van der Waals surface area contributed by atoms with Gasteiger partial charge in [-0.1, -0.05) is 19.8 Å². The molecule has 3 atom stereocenters. The zero-order chi connectivity index (χ0) is 8.97. The first-order valence-corrected chi connectivity index (χ1v) is 6.68. The number of unbranched alkanes of at least 4 members (excludes halogenated alkanes) is 1. The first-order chi connectivity index (χ1) is 5.72. The molecule has 0 unspecified atom stereocenters. The summed E-state index contributed by atoms with van der Waals surface area (Å²) in [6.45, 7) is 6.83. The largest absolute Gasteiger partial charge is 0.294 e. The standard InChI is InChI=1S/C9H19NS2/c1-4-5-6-9-10-7(2)11-8(3)12-9/h7-10H,4-6H2,1-3H3/t7-,8-,9+/m0/s1. The first-order valence-electron chi connectivity index (χ1n) is 4.79. The van der Waals surface area contributed by atoms with Crippen molar-refractivity contribution in [2.75, 3.05) is 0 Å². The number of rotatable bonds is 3. The molecule has 1 aliphatic rings. The van der Waals surface area contributed by atoms with E-state index in [0.717, 1.165) is 4.58 Å². The van der Waals surface area contributed by atoms with Crippen molar-refractivity contribution in [1.29, 1.82) is 0 Å². The van der Waals surface area contributed by atoms with Crippen LogP contribution in [0.25, 0.3) is 0 Å². The van der Waals surface area contributed by atoms with Gasteiger partial charge in [0.1, 0.15) is 0 Å². The third-order valence-electron chi connectivity index (χ3n) is 1.99. The van der Waals surface area contributed by atoms with Crippen molar-refractivity contribution in [2.45, 2.75) is 55.4 Å². The van der Waals surface area contributed by atoms with Crippen LogP contribution in [0, 0.1) is 0 Å². The molecule has 0 spiro atoms. The lowest BCUT2D eigenvalue weighted by molar-refractivity contribution is 0.574. The van der Waals surface area contributed by atoms with Gasteiger partial charge in [-0.05, 0) is 20.3 Å². The molecule has 0 aliphatic carbocycles. The van der Waals surface area contributed by atoms with Crippen molar-refractivity contribution >= 4 is 23.5 Å². The summed E-state index contributed by atoms with van der Waals surface area (Å²) in [6.07, 6.45) is 4.00. The van der Waals surface area contributed by atoms with Crippen LogP contribution >= 0.6 is 23.5 Å². The quantitative estimate of drug-likeness (QED) is 0.759. The molecule has 12 heavy (non-hydrogen) atoms. The minimum Gasteiger partial charge on any atom is -0.294 e. The summed E-state index contributed by atoms with van der Waals surface area (Å²) in [6, 6.07) is 0. The molecular weight excluding hydrogens is 186 g/mol. The summed E-state index contributed by atoms with van der Waals surface area (Å²) < 4.78 is 0.767. The summed E-state index contributed by atoms with van der Waals surface area (Å²) in [4.78, 5) is 0. The molecule has 0 saturated carbocycles. The van der Waals surface area contributed by atoms with E-state index in [1.165, 1.54) is 19.3 Å². The Balaban J connectivity index is 2.24. The molecule has 0 bridgehead atoms. The van der Waals surface area contributed by atoms with Crippen LogP contribution < -0.4 is 5.32 Å². The maximum Gasteiger partial charge on any atom is 0.0551 e. The lowest BCUT2D eigenvalue weighted by Gasteiger charge is -2.32. The lowest BCUT2D eigenvalue weighted by atomic mass is 10.2. The molecule has 0 aromatic rings. The fourth-order valence-corrected chi connectivity index (χ4v) is 4.54. The number of hydrogen-bond acceptors (Lipinski definition) is 3. The fourth-order valence-electron chi connectivity index (χ4n) is 1.43. The molecule has 72 valence electrons. The highest BCUT2D eigenvalue weighted by atomic mass is 32.2. The average Bonchev–Trinajstić information content (AvgIpc) is 1.99. The Morgan fingerprint density at radius 1 is 1.25 bits per heavy atom. The zero-order valence-corrected chi connectivity index (χ0v) is 9.80. The fraction of sp³-hybridized carbons (Fsp3) is 1.00. The van der Waals surface area contributed by atoms with E-state index < -0.39 is 0 Å². The van der Waals surface area contributed by atoms with Crippen LogP contribution in [0.4, 0.5) is 0 Å². The molecule has 1 fully saturated rings. The van der Waals surface area contributed by atoms with E-state index in [1.54, 1.807) is 0 Å². The lowest BCUT2D eigenvalue weighted by Crippen LogP contribution is -2.38. The van der Waals surface area contributed by atoms with Gasteiger partial charge in [0.05, 0.1) is 15.3 Å². The maximum atomic E-state index is 3.61. The zero-order valence-electron chi connectivity index (χ0n) is 8.17. The smallest absolute Gasteiger partial charge is 0.0551 e. The third kappa shape index (κ3) is 3.58. The van der Waals surface area contributed by atoms with Gasteiger partial charge in [0, 0.05) is 0 Å². The Morgan fingerprint density at radius 2 is 2.00 bits per heavy atom. The van der Waals surface area contributed by atoms with E-state index in [-0.39, 0.29) is 0 Å². The van der Waals surface area contributed by atoms with Crippen molar-refractivity contribution in [2.24, 2.45) is 0 Å². The van der Waals surface area contributed by atoms with Gasteiger partial charge in [-0.15, -0.1) is 23.5 Å². The molecule has 1 rings (SSSR count). The number of thioether (sulfide) groups is 2. The molecular formula is C9H19NS2. The van der Waals surface area contributed by atoms with Crippen molar-refractivity contribution in [3.8, 4) is 0 Å². The Labute approximate surface area is 84.4 Å². The van der Waals surface area contributed by atoms with Crippen LogP contribution in [0.15, 0.2) is 0 Å². The van der Waals surface area contributed by atoms with Crippen LogP contribution in [-0.4, -0.2) is 15.3 Å². The predicted octanol–water partition coefficient (Wildman–Crippen LogP) is 3.26. The maximum absolute atomic E-state index is 3.61. The first kappa shape index (κ1) is 10.7. The summed E-state index contributed by atoms with van der Waals surface area (Å²) in [7, 11) is 0. The third-order valence-corrected chi connectivity index (χ3v) is 4.67. The monoisotopic (exact) mass is 205 g/mol. The van der Waals surface area contributed by atoms with Gasteiger partial charge in [-0.25, -0.2) is 0 Å². The van der Waals surface area contributed by atoms with Crippen LogP contribution in [0.1, 0.15) is 40.0 Å². The summed E-state index contributed by atoms with van der Waals surface area (Å²) in [5.41, 5.74) is 0. The normalized spacial score (nSPS) is 36.8. The molecule has 3 heteroatoms. The van der Waals surface area contributed by atoms with Crippen LogP contribution in [0.3, 0.4) is 0 Å². The SMILES string of the molecule is CCCC[C@@H]1N[C@H](C)S[C@H](C)S1. The van der Waals surface area contributed by atoms with E-state index in [9.17, 15) is 0 Å². The van der Waals surface area contributed by atoms with Gasteiger partial charge in [-0.3, -0.25) is 5.32 Å². The Morgan fingerprint density at radius 3 is 2.58 bits per heavy atom. The number of nitrogens with one attached hydrogen (secondary N) is 1. The van der Waals surface area contributed by atoms with Gasteiger partial charge in [0.15, 0.2) is 0 Å². The second kappa shape index (κ2) is 5.40. The van der Waals surface area contributed by atoms with Crippen LogP contribution in [0.5, 0.6) is 0 Å². The molecule has 0 aromatic heterocycles. The molecule has 1 saturated heterocycles. The molecule has 1 aliphatic heterocycles. The number of hydrogen-bond donors (Lipinski definition) is 1.